The van der Waals surface area contributed by atoms with Crippen LogP contribution in [0.1, 0.15) is 17.9 Å². The molecule has 6 nitrogen and oxygen atoms in total. The van der Waals surface area contributed by atoms with Crippen molar-refractivity contribution in [1.29, 1.82) is 0 Å². The molecular formula is C20H16ClN2O4S2-. The van der Waals surface area contributed by atoms with E-state index in [0.717, 1.165) is 21.8 Å². The molecule has 0 unspecified atom stereocenters. The van der Waals surface area contributed by atoms with Gasteiger partial charge in [-0.15, -0.1) is 11.3 Å². The van der Waals surface area contributed by atoms with Crippen LogP contribution >= 0.6 is 22.9 Å². The van der Waals surface area contributed by atoms with E-state index in [1.54, 1.807) is 54.6 Å². The highest BCUT2D eigenvalue weighted by Gasteiger charge is 2.58. The van der Waals surface area contributed by atoms with Gasteiger partial charge in [0.15, 0.2) is 0 Å². The van der Waals surface area contributed by atoms with Gasteiger partial charge < -0.3 is 15.6 Å². The monoisotopic (exact) mass is 447 g/mol. The smallest absolute Gasteiger partial charge is 0.250 e. The number of benzene rings is 2. The van der Waals surface area contributed by atoms with Gasteiger partial charge in [-0.05, 0) is 53.9 Å². The highest BCUT2D eigenvalue weighted by Crippen LogP contribution is 2.52. The largest absolute Gasteiger partial charge is 0.548 e. The van der Waals surface area contributed by atoms with Gasteiger partial charge in [-0.1, -0.05) is 35.9 Å². The van der Waals surface area contributed by atoms with Crippen LogP contribution in [0, 0.1) is 0 Å². The summed E-state index contributed by atoms with van der Waals surface area (Å²) in [6.07, 6.45) is 0.105. The van der Waals surface area contributed by atoms with Crippen LogP contribution in [0.15, 0.2) is 64.9 Å². The molecule has 2 atom stereocenters. The van der Waals surface area contributed by atoms with Crippen LogP contribution < -0.4 is 15.6 Å². The van der Waals surface area contributed by atoms with E-state index in [-0.39, 0.29) is 10.6 Å². The summed E-state index contributed by atoms with van der Waals surface area (Å²) in [7, 11) is -4.06. The van der Waals surface area contributed by atoms with E-state index < -0.39 is 27.4 Å². The number of carbonyl (C=O) groups excluding carboxylic acids is 1. The molecular weight excluding hydrogens is 432 g/mol. The fourth-order valence-corrected chi connectivity index (χ4v) is 6.18. The molecule has 0 radical (unpaired) electrons. The molecule has 0 spiro atoms. The zero-order valence-corrected chi connectivity index (χ0v) is 17.4. The highest BCUT2D eigenvalue weighted by molar-refractivity contribution is 7.91. The second kappa shape index (κ2) is 7.14. The Morgan fingerprint density at radius 1 is 1.17 bits per heavy atom. The average Bonchev–Trinajstić information content (AvgIpc) is 3.16. The fraction of sp³-hybridized carbons (Fsp3) is 0.150. The van der Waals surface area contributed by atoms with Crippen molar-refractivity contribution in [2.24, 2.45) is 0 Å². The molecule has 0 amide bonds. The summed E-state index contributed by atoms with van der Waals surface area (Å²) in [4.78, 5) is 12.6. The van der Waals surface area contributed by atoms with Gasteiger partial charge in [0.25, 0.3) is 10.0 Å². The van der Waals surface area contributed by atoms with Crippen LogP contribution in [-0.4, -0.2) is 19.9 Å². The van der Waals surface area contributed by atoms with Crippen LogP contribution in [0.4, 0.5) is 5.69 Å². The van der Waals surface area contributed by atoms with Gasteiger partial charge in [-0.3, -0.25) is 0 Å². The third kappa shape index (κ3) is 3.76. The first kappa shape index (κ1) is 19.9. The Bertz CT molecular complexity index is 1190. The summed E-state index contributed by atoms with van der Waals surface area (Å²) in [5, 5.41) is 12.4. The number of nitrogens with two attached hydrogens (primary N) is 1. The molecule has 1 fully saturated rings. The van der Waals surface area contributed by atoms with E-state index in [9.17, 15) is 18.3 Å². The normalized spacial score (nSPS) is 21.1. The lowest BCUT2D eigenvalue weighted by molar-refractivity contribution is -0.309. The van der Waals surface area contributed by atoms with E-state index in [2.05, 4.69) is 4.72 Å². The number of anilines is 1. The first-order valence-corrected chi connectivity index (χ1v) is 11.4. The molecule has 9 heteroatoms. The topological polar surface area (TPSA) is 112 Å². The predicted molar refractivity (Wildman–Crippen MR) is 111 cm³/mol. The molecule has 0 saturated heterocycles. The van der Waals surface area contributed by atoms with Gasteiger partial charge >= 0.3 is 0 Å². The lowest BCUT2D eigenvalue weighted by Crippen LogP contribution is -2.51. The minimum Gasteiger partial charge on any atom is -0.548 e. The number of nitrogens with one attached hydrogen (secondary N) is 1. The van der Waals surface area contributed by atoms with Crippen LogP contribution in [-0.2, 0) is 14.8 Å². The maximum Gasteiger partial charge on any atom is 0.250 e. The number of aliphatic carboxylic acids is 1. The Morgan fingerprint density at radius 2 is 1.90 bits per heavy atom. The van der Waals surface area contributed by atoms with Crippen molar-refractivity contribution in [2.45, 2.75) is 22.1 Å². The number of carboxylic acids is 1. The number of carboxylic acid groups (broad SMARTS) is 1. The number of rotatable bonds is 6. The van der Waals surface area contributed by atoms with Crippen molar-refractivity contribution in [3.8, 4) is 10.4 Å². The molecule has 1 saturated carbocycles. The minimum absolute atomic E-state index is 0.0290. The molecule has 3 N–H and O–H groups in total. The summed E-state index contributed by atoms with van der Waals surface area (Å²) in [5.74, 6) is -2.00. The van der Waals surface area contributed by atoms with E-state index in [1.165, 1.54) is 6.07 Å². The molecule has 3 aromatic rings. The zero-order valence-electron chi connectivity index (χ0n) is 15.0. The first-order chi connectivity index (χ1) is 13.7. The number of thiophene rings is 1. The molecule has 29 heavy (non-hydrogen) atoms. The van der Waals surface area contributed by atoms with E-state index in [1.807, 2.05) is 0 Å². The van der Waals surface area contributed by atoms with Crippen LogP contribution in [0.25, 0.3) is 10.4 Å². The van der Waals surface area contributed by atoms with E-state index >= 15 is 0 Å². The Morgan fingerprint density at radius 3 is 2.55 bits per heavy atom. The lowest BCUT2D eigenvalue weighted by atomic mass is 10.1. The van der Waals surface area contributed by atoms with Gasteiger partial charge in [0.1, 0.15) is 4.21 Å². The molecule has 1 aromatic heterocycles. The summed E-state index contributed by atoms with van der Waals surface area (Å²) in [5.41, 5.74) is 6.04. The number of carbonyl (C=O) groups is 1. The maximum atomic E-state index is 12.9. The third-order valence-corrected chi connectivity index (χ3v) is 8.32. The highest BCUT2D eigenvalue weighted by atomic mass is 35.5. The zero-order chi connectivity index (χ0) is 20.8. The van der Waals surface area contributed by atoms with Crippen molar-refractivity contribution in [3.63, 3.8) is 0 Å². The Balaban J connectivity index is 1.61. The number of hydrogen-bond donors (Lipinski definition) is 2. The Hall–Kier alpha value is -2.39. The standard InChI is InChI=1S/C20H17ClN2O4S2/c21-14-6-4-12(5-7-14)17-8-9-18(28-17)29(26,27)23-20(19(24)25)11-16(20)13-2-1-3-15(22)10-13/h1-10,16,23H,11,22H2,(H,24,25)/p-1/t16-,20-/m0/s1. The van der Waals surface area contributed by atoms with Crippen molar-refractivity contribution < 1.29 is 18.3 Å². The molecule has 1 heterocycles. The van der Waals surface area contributed by atoms with Crippen molar-refractivity contribution in [1.82, 2.24) is 4.72 Å². The van der Waals surface area contributed by atoms with Crippen LogP contribution in [0.2, 0.25) is 5.02 Å². The van der Waals surface area contributed by atoms with Gasteiger partial charge in [0, 0.05) is 21.5 Å². The first-order valence-electron chi connectivity index (χ1n) is 8.68. The molecule has 1 aliphatic rings. The predicted octanol–water partition coefficient (Wildman–Crippen LogP) is 2.61. The number of nitrogen functional groups attached to an aromatic ring is 1. The second-order valence-electron chi connectivity index (χ2n) is 6.92. The summed E-state index contributed by atoms with van der Waals surface area (Å²) in [6, 6.07) is 16.9. The average molecular weight is 448 g/mol. The van der Waals surface area contributed by atoms with E-state index in [4.69, 9.17) is 17.3 Å². The van der Waals surface area contributed by atoms with Crippen molar-refractivity contribution >= 4 is 44.6 Å². The van der Waals surface area contributed by atoms with Crippen molar-refractivity contribution in [2.75, 3.05) is 5.73 Å². The van der Waals surface area contributed by atoms with Gasteiger partial charge in [0.05, 0.1) is 11.5 Å². The lowest BCUT2D eigenvalue weighted by Gasteiger charge is -2.20. The Labute approximate surface area is 177 Å². The molecule has 150 valence electrons. The number of halogens is 1. The summed E-state index contributed by atoms with van der Waals surface area (Å²) < 4.78 is 28.2. The quantitative estimate of drug-likeness (QED) is 0.564. The summed E-state index contributed by atoms with van der Waals surface area (Å²) >= 11 is 6.94. The third-order valence-electron chi connectivity index (χ3n) is 4.93. The van der Waals surface area contributed by atoms with Crippen LogP contribution in [0.3, 0.4) is 0 Å². The SMILES string of the molecule is Nc1cccc([C@@H]2C[C@@]2(NS(=O)(=O)c2ccc(-c3ccc(Cl)cc3)s2)C(=O)[O-])c1. The van der Waals surface area contributed by atoms with Crippen molar-refractivity contribution in [3.05, 3.63) is 71.2 Å². The van der Waals surface area contributed by atoms with E-state index in [0.29, 0.717) is 16.3 Å². The molecule has 4 rings (SSSR count). The summed E-state index contributed by atoms with van der Waals surface area (Å²) in [6.45, 7) is 0. The van der Waals surface area contributed by atoms with Gasteiger partial charge in [-0.25, -0.2) is 8.42 Å². The second-order valence-corrected chi connectivity index (χ2v) is 10.3. The Kier molecular flexibility index (Phi) is 4.90. The molecule has 2 aromatic carbocycles. The maximum absolute atomic E-state index is 12.9. The van der Waals surface area contributed by atoms with Crippen LogP contribution in [0.5, 0.6) is 0 Å². The fourth-order valence-electron chi connectivity index (χ4n) is 3.35. The minimum atomic E-state index is -4.06. The molecule has 0 aliphatic heterocycles. The molecule has 0 bridgehead atoms. The number of sulfonamides is 1. The van der Waals surface area contributed by atoms with Gasteiger partial charge in [-0.2, -0.15) is 4.72 Å². The number of hydrogen-bond acceptors (Lipinski definition) is 6. The molecule has 1 aliphatic carbocycles. The van der Waals surface area contributed by atoms with Gasteiger partial charge in [0.2, 0.25) is 0 Å².